The Morgan fingerprint density at radius 2 is 1.84 bits per heavy atom. The van der Waals surface area contributed by atoms with Crippen LogP contribution in [0.15, 0.2) is 54.1 Å². The van der Waals surface area contributed by atoms with E-state index in [1.807, 2.05) is 13.0 Å². The number of rotatable bonds is 5. The average molecular weight is 420 g/mol. The summed E-state index contributed by atoms with van der Waals surface area (Å²) in [6.45, 7) is 6.12. The van der Waals surface area contributed by atoms with Crippen molar-refractivity contribution in [3.8, 4) is 11.5 Å². The molecule has 0 radical (unpaired) electrons. The third-order valence-electron chi connectivity index (χ3n) is 6.64. The number of ether oxygens (including phenoxy) is 1. The summed E-state index contributed by atoms with van der Waals surface area (Å²) in [5.41, 5.74) is 4.36. The molecule has 31 heavy (non-hydrogen) atoms. The van der Waals surface area contributed by atoms with Gasteiger partial charge < -0.3 is 9.84 Å². The van der Waals surface area contributed by atoms with Crippen molar-refractivity contribution in [3.63, 3.8) is 0 Å². The highest BCUT2D eigenvalue weighted by atomic mass is 16.5. The number of carbonyl (C=O) groups is 1. The van der Waals surface area contributed by atoms with Crippen LogP contribution in [0.3, 0.4) is 0 Å². The number of carbonyl (C=O) groups excluding carboxylic acids is 1. The molecule has 1 aliphatic heterocycles. The van der Waals surface area contributed by atoms with Gasteiger partial charge in [0.25, 0.3) is 0 Å². The molecule has 1 saturated heterocycles. The van der Waals surface area contributed by atoms with Gasteiger partial charge in [-0.05, 0) is 88.2 Å². The van der Waals surface area contributed by atoms with Crippen LogP contribution in [0.1, 0.15) is 67.6 Å². The summed E-state index contributed by atoms with van der Waals surface area (Å²) in [7, 11) is 0. The molecule has 2 aliphatic rings. The third kappa shape index (κ3) is 5.37. The molecule has 2 aromatic rings. The molecule has 4 heteroatoms. The van der Waals surface area contributed by atoms with Crippen molar-refractivity contribution in [1.82, 2.24) is 4.90 Å². The summed E-state index contributed by atoms with van der Waals surface area (Å²) in [5, 5.41) is 10.7. The maximum atomic E-state index is 12.8. The first kappa shape index (κ1) is 21.6. The molecule has 1 atom stereocenters. The topological polar surface area (TPSA) is 49.8 Å². The zero-order chi connectivity index (χ0) is 21.8. The number of phenols is 1. The minimum Gasteiger partial charge on any atom is -0.507 e. The van der Waals surface area contributed by atoms with Crippen molar-refractivity contribution in [2.24, 2.45) is 0 Å². The van der Waals surface area contributed by atoms with E-state index in [1.165, 1.54) is 11.1 Å². The number of hydrogen-bond acceptors (Lipinski definition) is 4. The van der Waals surface area contributed by atoms with Crippen molar-refractivity contribution in [3.05, 3.63) is 70.8 Å². The zero-order valence-electron chi connectivity index (χ0n) is 18.6. The van der Waals surface area contributed by atoms with Crippen LogP contribution in [-0.2, 0) is 4.79 Å². The van der Waals surface area contributed by atoms with Gasteiger partial charge in [0, 0.05) is 11.5 Å². The average Bonchev–Trinajstić information content (AvgIpc) is 2.74. The Morgan fingerprint density at radius 1 is 1.10 bits per heavy atom. The third-order valence-corrected chi connectivity index (χ3v) is 6.64. The Balaban J connectivity index is 1.40. The number of allylic oxidation sites excluding steroid dienone is 2. The fraction of sp³-hybridized carbons (Fsp3) is 0.444. The predicted octanol–water partition coefficient (Wildman–Crippen LogP) is 5.70. The van der Waals surface area contributed by atoms with Gasteiger partial charge in [0.05, 0.1) is 6.54 Å². The Kier molecular flexibility index (Phi) is 6.77. The van der Waals surface area contributed by atoms with Gasteiger partial charge >= 0.3 is 5.97 Å². The van der Waals surface area contributed by atoms with Gasteiger partial charge in [0.1, 0.15) is 11.5 Å². The quantitative estimate of drug-likeness (QED) is 0.384. The summed E-state index contributed by atoms with van der Waals surface area (Å²) in [4.78, 5) is 15.0. The van der Waals surface area contributed by atoms with Crippen LogP contribution in [0.5, 0.6) is 11.5 Å². The van der Waals surface area contributed by atoms with Gasteiger partial charge in [-0.3, -0.25) is 9.69 Å². The van der Waals surface area contributed by atoms with Gasteiger partial charge in [-0.15, -0.1) is 0 Å². The second-order valence-electron chi connectivity index (χ2n) is 9.14. The first-order valence-corrected chi connectivity index (χ1v) is 11.5. The van der Waals surface area contributed by atoms with E-state index < -0.39 is 0 Å². The summed E-state index contributed by atoms with van der Waals surface area (Å²) in [5.74, 6) is 1.15. The fourth-order valence-corrected chi connectivity index (χ4v) is 5.03. The second-order valence-corrected chi connectivity index (χ2v) is 9.14. The molecular weight excluding hydrogens is 386 g/mol. The molecule has 1 heterocycles. The molecule has 2 aromatic carbocycles. The Labute approximate surface area is 185 Å². The van der Waals surface area contributed by atoms with Gasteiger partial charge in [-0.1, -0.05) is 42.0 Å². The molecule has 164 valence electrons. The predicted molar refractivity (Wildman–Crippen MR) is 124 cm³/mol. The number of aromatic hydroxyl groups is 1. The second kappa shape index (κ2) is 9.69. The number of aryl methyl sites for hydroxylation is 1. The van der Waals surface area contributed by atoms with Crippen LogP contribution in [0.25, 0.3) is 0 Å². The monoisotopic (exact) mass is 419 g/mol. The summed E-state index contributed by atoms with van der Waals surface area (Å²) in [6, 6.07) is 14.3. The Hall–Kier alpha value is -2.59. The molecule has 0 bridgehead atoms. The highest BCUT2D eigenvalue weighted by molar-refractivity contribution is 5.75. The first-order chi connectivity index (χ1) is 15.0. The highest BCUT2D eigenvalue weighted by Crippen LogP contribution is 2.42. The number of piperidine rings is 1. The van der Waals surface area contributed by atoms with E-state index in [2.05, 4.69) is 48.2 Å². The van der Waals surface area contributed by atoms with Crippen molar-refractivity contribution >= 4 is 5.97 Å². The summed E-state index contributed by atoms with van der Waals surface area (Å²) >= 11 is 0. The first-order valence-electron chi connectivity index (χ1n) is 11.5. The summed E-state index contributed by atoms with van der Waals surface area (Å²) in [6.07, 6.45) is 7.46. The fourth-order valence-electron chi connectivity index (χ4n) is 5.03. The van der Waals surface area contributed by atoms with Crippen LogP contribution in [-0.4, -0.2) is 35.6 Å². The minimum absolute atomic E-state index is 0.0961. The number of nitrogens with zero attached hydrogens (tertiary/aromatic N) is 1. The standard InChI is InChI=1S/C27H33NO3/c1-19-7-6-10-23(15-19)27-24(29)16-20(2)17-25(27)31-26(30)18-28-13-11-22(12-14-28)21-8-4-3-5-9-21/h3-5,8-9,15-17,22-23,29H,6-7,10-14,18H2,1-2H3. The lowest BCUT2D eigenvalue weighted by Gasteiger charge is -2.31. The molecule has 0 aromatic heterocycles. The molecular formula is C27H33NO3. The van der Waals surface area contributed by atoms with Gasteiger partial charge in [0.15, 0.2) is 0 Å². The van der Waals surface area contributed by atoms with E-state index in [1.54, 1.807) is 6.07 Å². The van der Waals surface area contributed by atoms with Crippen LogP contribution in [0.2, 0.25) is 0 Å². The Bertz CT molecular complexity index is 942. The maximum absolute atomic E-state index is 12.8. The van der Waals surface area contributed by atoms with Crippen LogP contribution in [0, 0.1) is 6.92 Å². The van der Waals surface area contributed by atoms with E-state index in [4.69, 9.17) is 4.74 Å². The van der Waals surface area contributed by atoms with Crippen molar-refractivity contribution in [1.29, 1.82) is 0 Å². The van der Waals surface area contributed by atoms with E-state index >= 15 is 0 Å². The smallest absolute Gasteiger partial charge is 0.325 e. The van der Waals surface area contributed by atoms with Crippen molar-refractivity contribution in [2.45, 2.75) is 57.8 Å². The van der Waals surface area contributed by atoms with E-state index in [0.717, 1.165) is 56.3 Å². The molecule has 1 fully saturated rings. The molecule has 4 rings (SSSR count). The number of phenolic OH excluding ortho intramolecular Hbond substituents is 1. The summed E-state index contributed by atoms with van der Waals surface area (Å²) < 4.78 is 5.84. The Morgan fingerprint density at radius 3 is 2.55 bits per heavy atom. The lowest BCUT2D eigenvalue weighted by molar-refractivity contribution is -0.136. The van der Waals surface area contributed by atoms with E-state index in [-0.39, 0.29) is 24.2 Å². The van der Waals surface area contributed by atoms with Crippen LogP contribution < -0.4 is 4.74 Å². The number of esters is 1. The van der Waals surface area contributed by atoms with E-state index in [9.17, 15) is 9.90 Å². The normalized spacial score (nSPS) is 20.3. The molecule has 1 aliphatic carbocycles. The number of likely N-dealkylation sites (tertiary alicyclic amines) is 1. The number of benzene rings is 2. The van der Waals surface area contributed by atoms with Crippen LogP contribution >= 0.6 is 0 Å². The molecule has 0 amide bonds. The SMILES string of the molecule is CC1=CC(c2c(O)cc(C)cc2OC(=O)CN2CCC(c3ccccc3)CC2)CCC1. The molecule has 0 saturated carbocycles. The van der Waals surface area contributed by atoms with E-state index in [0.29, 0.717) is 11.7 Å². The van der Waals surface area contributed by atoms with Gasteiger partial charge in [-0.25, -0.2) is 0 Å². The lowest BCUT2D eigenvalue weighted by Crippen LogP contribution is -2.38. The van der Waals surface area contributed by atoms with Gasteiger partial charge in [-0.2, -0.15) is 0 Å². The highest BCUT2D eigenvalue weighted by Gasteiger charge is 2.25. The molecule has 4 nitrogen and oxygen atoms in total. The van der Waals surface area contributed by atoms with Crippen molar-refractivity contribution < 1.29 is 14.6 Å². The lowest BCUT2D eigenvalue weighted by atomic mass is 9.85. The maximum Gasteiger partial charge on any atom is 0.325 e. The minimum atomic E-state index is -0.249. The zero-order valence-corrected chi connectivity index (χ0v) is 18.6. The van der Waals surface area contributed by atoms with Gasteiger partial charge in [0.2, 0.25) is 0 Å². The number of hydrogen-bond donors (Lipinski definition) is 1. The van der Waals surface area contributed by atoms with Crippen LogP contribution in [0.4, 0.5) is 0 Å². The molecule has 1 N–H and O–H groups in total. The largest absolute Gasteiger partial charge is 0.507 e. The van der Waals surface area contributed by atoms with Crippen molar-refractivity contribution in [2.75, 3.05) is 19.6 Å². The molecule has 0 spiro atoms. The molecule has 1 unspecified atom stereocenters.